The molecular weight excluding hydrogens is 448 g/mol. The summed E-state index contributed by atoms with van der Waals surface area (Å²) in [6.45, 7) is 9.79. The van der Waals surface area contributed by atoms with E-state index in [0.717, 1.165) is 11.1 Å². The molecule has 4 aromatic rings. The number of carboxylic acids is 1. The second-order valence-corrected chi connectivity index (χ2v) is 8.05. The first kappa shape index (κ1) is 23.6. The molecule has 0 aliphatic carbocycles. The number of H-pyrrole nitrogens is 1. The maximum absolute atomic E-state index is 13.0. The fourth-order valence-corrected chi connectivity index (χ4v) is 3.69. The van der Waals surface area contributed by atoms with Gasteiger partial charge in [-0.05, 0) is 86.5 Å². The monoisotopic (exact) mass is 472 g/mol. The lowest BCUT2D eigenvalue weighted by Gasteiger charge is -2.10. The van der Waals surface area contributed by atoms with Crippen LogP contribution < -0.4 is 16.1 Å². The van der Waals surface area contributed by atoms with Crippen LogP contribution in [0.4, 0.5) is 0 Å². The molecule has 0 unspecified atom stereocenters. The highest BCUT2D eigenvalue weighted by molar-refractivity contribution is 5.97. The molecule has 2 aromatic carbocycles. The Bertz CT molecular complexity index is 1600. The van der Waals surface area contributed by atoms with E-state index < -0.39 is 11.9 Å². The number of aryl methyl sites for hydroxylation is 2. The number of hydrogen-bond donors (Lipinski definition) is 2. The molecule has 0 saturated heterocycles. The van der Waals surface area contributed by atoms with E-state index >= 15 is 0 Å². The molecule has 0 spiro atoms. The summed E-state index contributed by atoms with van der Waals surface area (Å²) in [4.78, 5) is 36.6. The third-order valence-corrected chi connectivity index (χ3v) is 5.69. The minimum atomic E-state index is -1.05. The highest BCUT2D eigenvalue weighted by Gasteiger charge is 2.18. The fraction of sp³-hybridized carbons (Fsp3) is 0.148. The minimum absolute atomic E-state index is 0.117. The summed E-state index contributed by atoms with van der Waals surface area (Å²) >= 11 is 0. The third-order valence-electron chi connectivity index (χ3n) is 5.69. The SMILES string of the molecule is C=c1[nH]n(-c2ccc(C(=O)O)cc2)c(=O)/c1=C\c1ccc(-c2cc(C)c(C)cc2C(=O)OCC)o1. The first-order chi connectivity index (χ1) is 16.7. The second-order valence-electron chi connectivity index (χ2n) is 8.05. The van der Waals surface area contributed by atoms with E-state index in [1.165, 1.54) is 28.9 Å². The Labute approximate surface area is 200 Å². The number of rotatable bonds is 6. The topological polar surface area (TPSA) is 115 Å². The Morgan fingerprint density at radius 2 is 1.80 bits per heavy atom. The predicted octanol–water partition coefficient (Wildman–Crippen LogP) is 3.16. The number of nitrogens with zero attached hydrogens (tertiary/aromatic N) is 1. The number of ether oxygens (including phenoxy) is 1. The van der Waals surface area contributed by atoms with Crippen LogP contribution in [-0.2, 0) is 4.74 Å². The quantitative estimate of drug-likeness (QED) is 0.417. The molecule has 0 radical (unpaired) electrons. The number of carbonyl (C=O) groups is 2. The zero-order chi connectivity index (χ0) is 25.3. The number of furan rings is 1. The molecular formula is C27H24N2O6. The fourth-order valence-electron chi connectivity index (χ4n) is 3.69. The van der Waals surface area contributed by atoms with Crippen molar-refractivity contribution < 1.29 is 23.8 Å². The standard InChI is InChI=1S/C27H24N2O6/c1-5-34-27(33)23-13-16(3)15(2)12-22(23)24-11-10-20(35-24)14-21-17(4)28-29(25(21)30)19-8-6-18(7-9-19)26(31)32/h6-14,28H,4-5H2,1-3H3,(H,31,32)/b21-14-. The summed E-state index contributed by atoms with van der Waals surface area (Å²) in [7, 11) is 0. The van der Waals surface area contributed by atoms with Crippen LogP contribution in [0, 0.1) is 13.8 Å². The Kier molecular flexibility index (Phi) is 6.29. The minimum Gasteiger partial charge on any atom is -0.478 e. The van der Waals surface area contributed by atoms with Gasteiger partial charge in [0.1, 0.15) is 11.5 Å². The predicted molar refractivity (Wildman–Crippen MR) is 131 cm³/mol. The van der Waals surface area contributed by atoms with Crippen molar-refractivity contribution in [3.63, 3.8) is 0 Å². The number of esters is 1. The molecule has 8 heteroatoms. The molecule has 178 valence electrons. The molecule has 4 rings (SSSR count). The second kappa shape index (κ2) is 9.34. The highest BCUT2D eigenvalue weighted by atomic mass is 16.5. The van der Waals surface area contributed by atoms with Gasteiger partial charge in [0.05, 0.1) is 34.0 Å². The maximum atomic E-state index is 13.0. The van der Waals surface area contributed by atoms with Crippen molar-refractivity contribution in [1.29, 1.82) is 0 Å². The lowest BCUT2D eigenvalue weighted by molar-refractivity contribution is 0.0526. The van der Waals surface area contributed by atoms with E-state index in [1.807, 2.05) is 19.9 Å². The summed E-state index contributed by atoms with van der Waals surface area (Å²) in [6, 6.07) is 13.0. The van der Waals surface area contributed by atoms with Crippen molar-refractivity contribution in [3.8, 4) is 17.0 Å². The van der Waals surface area contributed by atoms with Gasteiger partial charge in [-0.2, -0.15) is 0 Å². The molecule has 0 saturated carbocycles. The maximum Gasteiger partial charge on any atom is 0.338 e. The first-order valence-corrected chi connectivity index (χ1v) is 10.9. The van der Waals surface area contributed by atoms with Crippen molar-refractivity contribution >= 4 is 24.6 Å². The number of benzene rings is 2. The summed E-state index contributed by atoms with van der Waals surface area (Å²) in [5.74, 6) is -0.615. The van der Waals surface area contributed by atoms with E-state index in [4.69, 9.17) is 14.3 Å². The highest BCUT2D eigenvalue weighted by Crippen LogP contribution is 2.29. The Morgan fingerprint density at radius 3 is 2.46 bits per heavy atom. The van der Waals surface area contributed by atoms with Gasteiger partial charge < -0.3 is 14.3 Å². The number of nitrogens with one attached hydrogen (secondary N) is 1. The van der Waals surface area contributed by atoms with Gasteiger partial charge in [-0.15, -0.1) is 0 Å². The summed E-state index contributed by atoms with van der Waals surface area (Å²) < 4.78 is 12.5. The lowest BCUT2D eigenvalue weighted by Crippen LogP contribution is -2.33. The molecule has 2 aromatic heterocycles. The summed E-state index contributed by atoms with van der Waals surface area (Å²) in [6.07, 6.45) is 1.57. The Balaban J connectivity index is 1.75. The smallest absolute Gasteiger partial charge is 0.338 e. The number of aromatic carboxylic acids is 1. The Morgan fingerprint density at radius 1 is 1.11 bits per heavy atom. The van der Waals surface area contributed by atoms with Crippen LogP contribution in [0.3, 0.4) is 0 Å². The molecule has 0 aliphatic heterocycles. The van der Waals surface area contributed by atoms with Gasteiger partial charge in [0.25, 0.3) is 5.56 Å². The van der Waals surface area contributed by atoms with Crippen LogP contribution in [0.2, 0.25) is 0 Å². The molecule has 35 heavy (non-hydrogen) atoms. The average molecular weight is 472 g/mol. The molecule has 8 nitrogen and oxygen atoms in total. The number of carboxylic acid groups (broad SMARTS) is 1. The van der Waals surface area contributed by atoms with Gasteiger partial charge in [0.2, 0.25) is 0 Å². The largest absolute Gasteiger partial charge is 0.478 e. The third kappa shape index (κ3) is 4.59. The van der Waals surface area contributed by atoms with Gasteiger partial charge >= 0.3 is 11.9 Å². The van der Waals surface area contributed by atoms with Crippen molar-refractivity contribution in [2.45, 2.75) is 20.8 Å². The van der Waals surface area contributed by atoms with Gasteiger partial charge in [-0.25, -0.2) is 14.3 Å². The molecule has 0 atom stereocenters. The van der Waals surface area contributed by atoms with E-state index in [-0.39, 0.29) is 17.7 Å². The Hall–Kier alpha value is -4.59. The van der Waals surface area contributed by atoms with Crippen LogP contribution in [-0.4, -0.2) is 33.4 Å². The van der Waals surface area contributed by atoms with Crippen LogP contribution in [0.25, 0.3) is 29.7 Å². The van der Waals surface area contributed by atoms with Gasteiger partial charge in [0.15, 0.2) is 0 Å². The van der Waals surface area contributed by atoms with E-state index in [0.29, 0.717) is 38.9 Å². The van der Waals surface area contributed by atoms with Crippen molar-refractivity contribution in [3.05, 3.63) is 97.5 Å². The molecule has 0 fully saturated rings. The van der Waals surface area contributed by atoms with E-state index in [1.54, 1.807) is 31.2 Å². The number of aromatic amines is 1. The number of aromatic nitrogens is 2. The summed E-state index contributed by atoms with van der Waals surface area (Å²) in [5, 5.41) is 12.6. The van der Waals surface area contributed by atoms with Crippen molar-refractivity contribution in [2.24, 2.45) is 0 Å². The number of hydrogen-bond acceptors (Lipinski definition) is 5. The first-order valence-electron chi connectivity index (χ1n) is 10.9. The van der Waals surface area contributed by atoms with Gasteiger partial charge in [0, 0.05) is 5.56 Å². The molecule has 0 aliphatic rings. The van der Waals surface area contributed by atoms with Gasteiger partial charge in [-0.1, -0.05) is 6.58 Å². The molecule has 2 N–H and O–H groups in total. The van der Waals surface area contributed by atoms with Gasteiger partial charge in [-0.3, -0.25) is 9.89 Å². The van der Waals surface area contributed by atoms with Crippen molar-refractivity contribution in [1.82, 2.24) is 9.78 Å². The summed E-state index contributed by atoms with van der Waals surface area (Å²) in [5.41, 5.74) is 3.19. The average Bonchev–Trinajstić information content (AvgIpc) is 3.41. The van der Waals surface area contributed by atoms with E-state index in [2.05, 4.69) is 11.7 Å². The lowest BCUT2D eigenvalue weighted by atomic mass is 9.98. The van der Waals surface area contributed by atoms with Crippen molar-refractivity contribution in [2.75, 3.05) is 6.61 Å². The van der Waals surface area contributed by atoms with E-state index in [9.17, 15) is 14.4 Å². The number of carbonyl (C=O) groups excluding carboxylic acids is 1. The molecule has 0 bridgehead atoms. The zero-order valence-electron chi connectivity index (χ0n) is 19.5. The normalized spacial score (nSPS) is 11.6. The van der Waals surface area contributed by atoms with Crippen LogP contribution >= 0.6 is 0 Å². The van der Waals surface area contributed by atoms with Crippen LogP contribution in [0.15, 0.2) is 57.7 Å². The van der Waals surface area contributed by atoms with Crippen LogP contribution in [0.5, 0.6) is 0 Å². The molecule has 0 amide bonds. The zero-order valence-corrected chi connectivity index (χ0v) is 19.5. The van der Waals surface area contributed by atoms with Crippen LogP contribution in [0.1, 0.15) is 44.5 Å². The molecule has 2 heterocycles.